The van der Waals surface area contributed by atoms with Crippen LogP contribution in [0, 0.1) is 13.8 Å². The van der Waals surface area contributed by atoms with Gasteiger partial charge in [-0.3, -0.25) is 0 Å². The number of fused-ring (bicyclic) bond motifs is 1. The molecule has 0 atom stereocenters. The fraction of sp³-hybridized carbons (Fsp3) is 0.625. The van der Waals surface area contributed by atoms with Crippen LogP contribution in [-0.4, -0.2) is 40.8 Å². The fourth-order valence-corrected chi connectivity index (χ4v) is 2.80. The second-order valence-corrected chi connectivity index (χ2v) is 6.93. The van der Waals surface area contributed by atoms with Crippen molar-refractivity contribution in [3.63, 3.8) is 0 Å². The Bertz CT molecular complexity index is 659. The third kappa shape index (κ3) is 2.50. The normalized spacial score (nSPS) is 16.7. The summed E-state index contributed by atoms with van der Waals surface area (Å²) in [6.45, 7) is 14.9. The van der Waals surface area contributed by atoms with Gasteiger partial charge in [-0.2, -0.15) is 9.61 Å². The minimum atomic E-state index is 0.0379. The van der Waals surface area contributed by atoms with Crippen LogP contribution in [0.3, 0.4) is 0 Å². The highest BCUT2D eigenvalue weighted by Crippen LogP contribution is 2.27. The minimum absolute atomic E-state index is 0.0379. The lowest BCUT2D eigenvalue weighted by atomic mass is 9.93. The van der Waals surface area contributed by atoms with Gasteiger partial charge in [0.1, 0.15) is 5.82 Å². The van der Waals surface area contributed by atoms with Crippen molar-refractivity contribution in [3.05, 3.63) is 23.0 Å². The first-order chi connectivity index (χ1) is 9.88. The Hall–Kier alpha value is -1.62. The Morgan fingerprint density at radius 1 is 1.14 bits per heavy atom. The second kappa shape index (κ2) is 4.98. The van der Waals surface area contributed by atoms with Gasteiger partial charge in [0.05, 0.1) is 5.69 Å². The van der Waals surface area contributed by atoms with Crippen molar-refractivity contribution < 1.29 is 0 Å². The second-order valence-electron chi connectivity index (χ2n) is 6.93. The van der Waals surface area contributed by atoms with Crippen LogP contribution in [0.4, 0.5) is 5.82 Å². The summed E-state index contributed by atoms with van der Waals surface area (Å²) in [5, 5.41) is 8.26. The number of hydrogen-bond acceptors (Lipinski definition) is 4. The number of aryl methyl sites for hydroxylation is 1. The molecule has 0 amide bonds. The van der Waals surface area contributed by atoms with Gasteiger partial charge in [0.15, 0.2) is 5.65 Å². The summed E-state index contributed by atoms with van der Waals surface area (Å²) in [4.78, 5) is 7.15. The molecular formula is C16H25N5. The van der Waals surface area contributed by atoms with Gasteiger partial charge >= 0.3 is 0 Å². The molecule has 1 aliphatic rings. The Morgan fingerprint density at radius 2 is 1.81 bits per heavy atom. The quantitative estimate of drug-likeness (QED) is 0.872. The molecule has 0 spiro atoms. The van der Waals surface area contributed by atoms with Crippen molar-refractivity contribution in [2.75, 3.05) is 31.1 Å². The zero-order valence-electron chi connectivity index (χ0n) is 13.7. The number of rotatable bonds is 1. The molecule has 1 saturated heterocycles. The first-order valence-electron chi connectivity index (χ1n) is 7.71. The maximum absolute atomic E-state index is 4.85. The van der Waals surface area contributed by atoms with Gasteiger partial charge in [0.25, 0.3) is 0 Å². The van der Waals surface area contributed by atoms with Crippen LogP contribution in [0.25, 0.3) is 5.65 Å². The van der Waals surface area contributed by atoms with Gasteiger partial charge < -0.3 is 10.2 Å². The first kappa shape index (κ1) is 14.3. The van der Waals surface area contributed by atoms with Gasteiger partial charge in [-0.1, -0.05) is 20.8 Å². The summed E-state index contributed by atoms with van der Waals surface area (Å²) >= 11 is 0. The van der Waals surface area contributed by atoms with E-state index in [1.165, 1.54) is 11.4 Å². The molecule has 5 nitrogen and oxygen atoms in total. The van der Waals surface area contributed by atoms with E-state index in [1.807, 2.05) is 4.52 Å². The van der Waals surface area contributed by atoms with Crippen molar-refractivity contribution in [2.45, 2.75) is 40.0 Å². The van der Waals surface area contributed by atoms with E-state index in [-0.39, 0.29) is 5.41 Å². The first-order valence-corrected chi connectivity index (χ1v) is 7.71. The molecule has 3 heterocycles. The average molecular weight is 287 g/mol. The summed E-state index contributed by atoms with van der Waals surface area (Å²) in [6.07, 6.45) is 0. The number of aromatic nitrogens is 3. The van der Waals surface area contributed by atoms with E-state index in [9.17, 15) is 0 Å². The fourth-order valence-electron chi connectivity index (χ4n) is 2.80. The molecule has 21 heavy (non-hydrogen) atoms. The Labute approximate surface area is 126 Å². The molecule has 0 unspecified atom stereocenters. The molecule has 0 aliphatic carbocycles. The van der Waals surface area contributed by atoms with Crippen LogP contribution in [0.2, 0.25) is 0 Å². The van der Waals surface area contributed by atoms with Gasteiger partial charge in [-0.05, 0) is 13.8 Å². The van der Waals surface area contributed by atoms with E-state index in [2.05, 4.69) is 50.9 Å². The molecule has 0 radical (unpaired) electrons. The third-order valence-corrected chi connectivity index (χ3v) is 4.24. The van der Waals surface area contributed by atoms with Crippen LogP contribution in [0.5, 0.6) is 0 Å². The van der Waals surface area contributed by atoms with Gasteiger partial charge in [-0.25, -0.2) is 4.98 Å². The van der Waals surface area contributed by atoms with Crippen molar-refractivity contribution in [3.8, 4) is 0 Å². The van der Waals surface area contributed by atoms with E-state index < -0.39 is 0 Å². The summed E-state index contributed by atoms with van der Waals surface area (Å²) < 4.78 is 2.04. The van der Waals surface area contributed by atoms with Gasteiger partial charge in [0.2, 0.25) is 0 Å². The van der Waals surface area contributed by atoms with Crippen LogP contribution in [0.1, 0.15) is 37.7 Å². The van der Waals surface area contributed by atoms with E-state index in [0.717, 1.165) is 43.2 Å². The molecule has 114 valence electrons. The molecule has 5 heteroatoms. The molecule has 0 bridgehead atoms. The van der Waals surface area contributed by atoms with E-state index >= 15 is 0 Å². The predicted molar refractivity (Wildman–Crippen MR) is 86.2 cm³/mol. The lowest BCUT2D eigenvalue weighted by molar-refractivity contribution is 0.555. The van der Waals surface area contributed by atoms with Gasteiger partial charge in [0, 0.05) is 48.9 Å². The zero-order valence-corrected chi connectivity index (χ0v) is 13.7. The summed E-state index contributed by atoms with van der Waals surface area (Å²) in [7, 11) is 0. The van der Waals surface area contributed by atoms with E-state index in [4.69, 9.17) is 10.1 Å². The maximum Gasteiger partial charge on any atom is 0.157 e. The number of anilines is 1. The Morgan fingerprint density at radius 3 is 2.43 bits per heavy atom. The highest BCUT2D eigenvalue weighted by molar-refractivity contribution is 5.57. The topological polar surface area (TPSA) is 45.5 Å². The molecular weight excluding hydrogens is 262 g/mol. The largest absolute Gasteiger partial charge is 0.354 e. The Kier molecular flexibility index (Phi) is 3.40. The van der Waals surface area contributed by atoms with Crippen molar-refractivity contribution >= 4 is 11.5 Å². The van der Waals surface area contributed by atoms with Crippen molar-refractivity contribution in [2.24, 2.45) is 0 Å². The van der Waals surface area contributed by atoms with Crippen LogP contribution in [0.15, 0.2) is 6.07 Å². The molecule has 2 aromatic rings. The summed E-state index contributed by atoms with van der Waals surface area (Å²) in [5.41, 5.74) is 4.41. The van der Waals surface area contributed by atoms with E-state index in [0.29, 0.717) is 0 Å². The molecule has 2 aromatic heterocycles. The number of piperazine rings is 1. The van der Waals surface area contributed by atoms with Crippen LogP contribution >= 0.6 is 0 Å². The molecule has 0 saturated carbocycles. The molecule has 1 aliphatic heterocycles. The lowest BCUT2D eigenvalue weighted by Crippen LogP contribution is -2.44. The predicted octanol–water partition coefficient (Wildman–Crippen LogP) is 2.05. The van der Waals surface area contributed by atoms with Crippen LogP contribution < -0.4 is 10.2 Å². The van der Waals surface area contributed by atoms with Crippen molar-refractivity contribution in [1.29, 1.82) is 0 Å². The van der Waals surface area contributed by atoms with E-state index in [1.54, 1.807) is 0 Å². The lowest BCUT2D eigenvalue weighted by Gasteiger charge is -2.31. The van der Waals surface area contributed by atoms with Crippen molar-refractivity contribution in [1.82, 2.24) is 19.9 Å². The monoisotopic (exact) mass is 287 g/mol. The molecule has 3 rings (SSSR count). The zero-order chi connectivity index (χ0) is 15.2. The summed E-state index contributed by atoms with van der Waals surface area (Å²) in [5.74, 6) is 1.20. The SMILES string of the molecule is Cc1nc2cc(C(C)(C)C)nn2c(N2CCNCC2)c1C. The minimum Gasteiger partial charge on any atom is -0.354 e. The molecule has 1 fully saturated rings. The third-order valence-electron chi connectivity index (χ3n) is 4.24. The average Bonchev–Trinajstić information content (AvgIpc) is 2.84. The smallest absolute Gasteiger partial charge is 0.157 e. The van der Waals surface area contributed by atoms with Crippen LogP contribution in [-0.2, 0) is 5.41 Å². The number of hydrogen-bond donors (Lipinski definition) is 1. The Balaban J connectivity index is 2.20. The molecule has 1 N–H and O–H groups in total. The summed E-state index contributed by atoms with van der Waals surface area (Å²) in [6, 6.07) is 2.12. The highest BCUT2D eigenvalue weighted by atomic mass is 15.4. The molecule has 0 aromatic carbocycles. The standard InChI is InChI=1S/C16H25N5/c1-11-12(2)18-14-10-13(16(3,4)5)19-21(14)15(11)20-8-6-17-7-9-20/h10,17H,6-9H2,1-5H3. The maximum atomic E-state index is 4.85. The highest BCUT2D eigenvalue weighted by Gasteiger charge is 2.23. The number of nitrogens with zero attached hydrogens (tertiary/aromatic N) is 4. The number of nitrogens with one attached hydrogen (secondary N) is 1. The van der Waals surface area contributed by atoms with Gasteiger partial charge in [-0.15, -0.1) is 0 Å².